The van der Waals surface area contributed by atoms with Gasteiger partial charge in [-0.05, 0) is 61.0 Å². The maximum Gasteiger partial charge on any atom is 0.335 e. The number of anilines is 1. The van der Waals surface area contributed by atoms with Crippen LogP contribution >= 0.6 is 0 Å². The van der Waals surface area contributed by atoms with Crippen LogP contribution in [0.3, 0.4) is 0 Å². The number of carboxylic acid groups (broad SMARTS) is 1. The van der Waals surface area contributed by atoms with Crippen LogP contribution in [0.4, 0.5) is 5.69 Å². The number of aromatic carboxylic acids is 1. The molecule has 0 aromatic heterocycles. The summed E-state index contributed by atoms with van der Waals surface area (Å²) in [5.74, 6) is -1.07. The van der Waals surface area contributed by atoms with E-state index < -0.39 is 17.8 Å². The molecule has 0 saturated heterocycles. The molecular formula is C25H20N2O6. The van der Waals surface area contributed by atoms with Gasteiger partial charge in [-0.15, -0.1) is 0 Å². The fraction of sp³-hybridized carbons (Fsp3) is 0.0800. The summed E-state index contributed by atoms with van der Waals surface area (Å²) in [6.45, 7) is 2.02. The first-order valence-electron chi connectivity index (χ1n) is 10.0. The molecule has 4 rings (SSSR count). The lowest BCUT2D eigenvalue weighted by Crippen LogP contribution is -2.30. The molecule has 0 atom stereocenters. The number of ether oxygens (including phenoxy) is 2. The molecule has 166 valence electrons. The van der Waals surface area contributed by atoms with Crippen LogP contribution < -0.4 is 20.1 Å². The van der Waals surface area contributed by atoms with Crippen LogP contribution in [-0.2, 0) is 4.79 Å². The highest BCUT2D eigenvalue weighted by Crippen LogP contribution is 2.33. The van der Waals surface area contributed by atoms with Gasteiger partial charge in [-0.1, -0.05) is 29.8 Å². The third-order valence-corrected chi connectivity index (χ3v) is 4.88. The zero-order valence-electron chi connectivity index (χ0n) is 17.6. The second-order valence-electron chi connectivity index (χ2n) is 7.33. The summed E-state index contributed by atoms with van der Waals surface area (Å²) >= 11 is 0. The number of aryl methyl sites for hydroxylation is 1. The maximum atomic E-state index is 13.1. The van der Waals surface area contributed by atoms with Crippen molar-refractivity contribution in [3.05, 3.63) is 94.7 Å². The molecule has 1 heterocycles. The van der Waals surface area contributed by atoms with Gasteiger partial charge < -0.3 is 25.2 Å². The Labute approximate surface area is 189 Å². The molecule has 8 nitrogen and oxygen atoms in total. The zero-order chi connectivity index (χ0) is 23.4. The van der Waals surface area contributed by atoms with E-state index in [1.165, 1.54) is 24.3 Å². The first-order valence-corrected chi connectivity index (χ1v) is 10.0. The molecule has 0 radical (unpaired) electrons. The van der Waals surface area contributed by atoms with E-state index in [9.17, 15) is 19.5 Å². The van der Waals surface area contributed by atoms with Crippen molar-refractivity contribution in [3.8, 4) is 11.5 Å². The van der Waals surface area contributed by atoms with Crippen molar-refractivity contribution in [2.24, 2.45) is 0 Å². The summed E-state index contributed by atoms with van der Waals surface area (Å²) in [5, 5.41) is 14.5. The van der Waals surface area contributed by atoms with Gasteiger partial charge in [0.05, 0.1) is 5.56 Å². The average molecular weight is 444 g/mol. The van der Waals surface area contributed by atoms with Crippen molar-refractivity contribution < 1.29 is 29.0 Å². The Hall–Kier alpha value is -4.59. The first-order chi connectivity index (χ1) is 15.9. The standard InChI is InChI=1S/C25H20N2O6/c1-15-5-8-17(9-6-15)23(28)27-20(11-16-7-10-21-22(12-16)33-14-32-21)24(29)26-19-4-2-3-18(13-19)25(30)31/h2-13H,14H2,1H3,(H,26,29)(H,27,28)(H,30,31). The molecule has 0 unspecified atom stereocenters. The lowest BCUT2D eigenvalue weighted by Gasteiger charge is -2.12. The monoisotopic (exact) mass is 444 g/mol. The topological polar surface area (TPSA) is 114 Å². The smallest absolute Gasteiger partial charge is 0.335 e. The van der Waals surface area contributed by atoms with Gasteiger partial charge >= 0.3 is 5.97 Å². The number of carboxylic acids is 1. The van der Waals surface area contributed by atoms with Gasteiger partial charge in [-0.2, -0.15) is 0 Å². The quantitative estimate of drug-likeness (QED) is 0.498. The molecule has 0 spiro atoms. The lowest BCUT2D eigenvalue weighted by molar-refractivity contribution is -0.113. The Morgan fingerprint density at radius 2 is 1.67 bits per heavy atom. The van der Waals surface area contributed by atoms with Crippen molar-refractivity contribution in [2.75, 3.05) is 12.1 Å². The van der Waals surface area contributed by atoms with Crippen LogP contribution in [0.5, 0.6) is 11.5 Å². The molecule has 0 bridgehead atoms. The van der Waals surface area contributed by atoms with Crippen LogP contribution in [-0.4, -0.2) is 29.7 Å². The lowest BCUT2D eigenvalue weighted by atomic mass is 10.1. The number of carbonyl (C=O) groups excluding carboxylic acids is 2. The largest absolute Gasteiger partial charge is 0.478 e. The van der Waals surface area contributed by atoms with E-state index in [4.69, 9.17) is 9.47 Å². The minimum atomic E-state index is -1.12. The first kappa shape index (κ1) is 21.6. The van der Waals surface area contributed by atoms with Gasteiger partial charge in [-0.25, -0.2) is 4.79 Å². The number of amides is 2. The Balaban J connectivity index is 1.63. The van der Waals surface area contributed by atoms with Crippen molar-refractivity contribution in [2.45, 2.75) is 6.92 Å². The van der Waals surface area contributed by atoms with Gasteiger partial charge in [0.15, 0.2) is 11.5 Å². The molecule has 3 aromatic rings. The fourth-order valence-electron chi connectivity index (χ4n) is 3.16. The third-order valence-electron chi connectivity index (χ3n) is 4.88. The SMILES string of the molecule is Cc1ccc(C(=O)NC(=Cc2ccc3c(c2)OCO3)C(=O)Nc2cccc(C(=O)O)c2)cc1. The molecule has 33 heavy (non-hydrogen) atoms. The van der Waals surface area contributed by atoms with Crippen LogP contribution in [0, 0.1) is 6.92 Å². The average Bonchev–Trinajstić information content (AvgIpc) is 3.27. The number of benzene rings is 3. The second kappa shape index (κ2) is 9.27. The Morgan fingerprint density at radius 1 is 0.909 bits per heavy atom. The molecule has 3 aromatic carbocycles. The number of carbonyl (C=O) groups is 3. The van der Waals surface area contributed by atoms with Crippen molar-refractivity contribution >= 4 is 29.5 Å². The molecule has 1 aliphatic heterocycles. The van der Waals surface area contributed by atoms with E-state index in [0.717, 1.165) is 5.56 Å². The summed E-state index contributed by atoms with van der Waals surface area (Å²) < 4.78 is 10.7. The Kier molecular flexibility index (Phi) is 6.08. The van der Waals surface area contributed by atoms with Crippen LogP contribution in [0.15, 0.2) is 72.4 Å². The maximum absolute atomic E-state index is 13.1. The highest BCUT2D eigenvalue weighted by atomic mass is 16.7. The molecule has 3 N–H and O–H groups in total. The van der Waals surface area contributed by atoms with Crippen molar-refractivity contribution in [1.29, 1.82) is 0 Å². The summed E-state index contributed by atoms with van der Waals surface area (Å²) in [6.07, 6.45) is 1.50. The van der Waals surface area contributed by atoms with Gasteiger partial charge in [-0.3, -0.25) is 9.59 Å². The van der Waals surface area contributed by atoms with Crippen molar-refractivity contribution in [1.82, 2.24) is 5.32 Å². The van der Waals surface area contributed by atoms with Crippen LogP contribution in [0.25, 0.3) is 6.08 Å². The Bertz CT molecular complexity index is 1260. The van der Waals surface area contributed by atoms with Gasteiger partial charge in [0, 0.05) is 11.3 Å². The molecule has 0 saturated carbocycles. The number of hydrogen-bond acceptors (Lipinski definition) is 5. The highest BCUT2D eigenvalue weighted by Gasteiger charge is 2.18. The van der Waals surface area contributed by atoms with E-state index in [0.29, 0.717) is 22.6 Å². The highest BCUT2D eigenvalue weighted by molar-refractivity contribution is 6.11. The van der Waals surface area contributed by atoms with E-state index in [-0.39, 0.29) is 23.7 Å². The van der Waals surface area contributed by atoms with Gasteiger partial charge in [0.25, 0.3) is 11.8 Å². The van der Waals surface area contributed by atoms with E-state index in [2.05, 4.69) is 10.6 Å². The predicted molar refractivity (Wildman–Crippen MR) is 121 cm³/mol. The minimum absolute atomic E-state index is 0.0257. The van der Waals surface area contributed by atoms with E-state index in [1.807, 2.05) is 6.92 Å². The minimum Gasteiger partial charge on any atom is -0.478 e. The molecule has 0 fully saturated rings. The van der Waals surface area contributed by atoms with Gasteiger partial charge in [0.2, 0.25) is 6.79 Å². The third kappa shape index (κ3) is 5.19. The Morgan fingerprint density at radius 3 is 2.42 bits per heavy atom. The van der Waals surface area contributed by atoms with E-state index >= 15 is 0 Å². The van der Waals surface area contributed by atoms with Crippen molar-refractivity contribution in [3.63, 3.8) is 0 Å². The predicted octanol–water partition coefficient (Wildman–Crippen LogP) is 3.83. The summed E-state index contributed by atoms with van der Waals surface area (Å²) in [7, 11) is 0. The molecule has 1 aliphatic rings. The number of rotatable bonds is 6. The van der Waals surface area contributed by atoms with E-state index in [1.54, 1.807) is 48.5 Å². The van der Waals surface area contributed by atoms with Crippen LogP contribution in [0.1, 0.15) is 31.8 Å². The number of hydrogen-bond donors (Lipinski definition) is 3. The summed E-state index contributed by atoms with van der Waals surface area (Å²) in [4.78, 5) is 37.1. The van der Waals surface area contributed by atoms with Gasteiger partial charge in [0.1, 0.15) is 5.70 Å². The molecule has 2 amide bonds. The molecular weight excluding hydrogens is 424 g/mol. The fourth-order valence-corrected chi connectivity index (χ4v) is 3.16. The zero-order valence-corrected chi connectivity index (χ0v) is 17.6. The second-order valence-corrected chi connectivity index (χ2v) is 7.33. The summed E-state index contributed by atoms with van der Waals surface area (Å²) in [6, 6.07) is 17.9. The normalized spacial score (nSPS) is 12.2. The molecule has 8 heteroatoms. The molecule has 0 aliphatic carbocycles. The number of fused-ring (bicyclic) bond motifs is 1. The number of nitrogens with one attached hydrogen (secondary N) is 2. The van der Waals surface area contributed by atoms with Crippen LogP contribution in [0.2, 0.25) is 0 Å². The summed E-state index contributed by atoms with van der Waals surface area (Å²) in [5.41, 5.74) is 2.27.